The Morgan fingerprint density at radius 3 is 2.54 bits per heavy atom. The van der Waals surface area contributed by atoms with Crippen LogP contribution in [0.2, 0.25) is 0 Å². The number of fused-ring (bicyclic) bond motifs is 1. The molecule has 0 aliphatic carbocycles. The molecule has 0 saturated carbocycles. The quantitative estimate of drug-likeness (QED) is 0.676. The first-order valence-electron chi connectivity index (χ1n) is 7.35. The smallest absolute Gasteiger partial charge is 0.357 e. The normalized spacial score (nSPS) is 10.7. The molecule has 0 spiro atoms. The number of aromatic nitrogens is 2. The van der Waals surface area contributed by atoms with E-state index in [1.54, 1.807) is 18.2 Å². The van der Waals surface area contributed by atoms with Crippen LogP contribution in [0, 0.1) is 5.82 Å². The molecule has 0 aliphatic heterocycles. The number of amides is 1. The van der Waals surface area contributed by atoms with Gasteiger partial charge in [-0.2, -0.15) is 5.10 Å². The van der Waals surface area contributed by atoms with Crippen LogP contribution in [-0.2, 0) is 11.3 Å². The van der Waals surface area contributed by atoms with E-state index in [1.165, 1.54) is 24.3 Å². The lowest BCUT2D eigenvalue weighted by Gasteiger charge is -2.10. The van der Waals surface area contributed by atoms with Gasteiger partial charge in [-0.3, -0.25) is 9.59 Å². The summed E-state index contributed by atoms with van der Waals surface area (Å²) in [5.41, 5.74) is -1.02. The summed E-state index contributed by atoms with van der Waals surface area (Å²) in [4.78, 5) is 36.0. The van der Waals surface area contributed by atoms with Gasteiger partial charge in [0.25, 0.3) is 5.56 Å². The second-order valence-corrected chi connectivity index (χ2v) is 6.25. The van der Waals surface area contributed by atoms with E-state index < -0.39 is 29.8 Å². The highest BCUT2D eigenvalue weighted by Gasteiger charge is 2.17. The van der Waals surface area contributed by atoms with Crippen molar-refractivity contribution in [2.24, 2.45) is 0 Å². The molecule has 2 N–H and O–H groups in total. The summed E-state index contributed by atoms with van der Waals surface area (Å²) >= 11 is 3.11. The second-order valence-electron chi connectivity index (χ2n) is 5.33. The minimum absolute atomic E-state index is 0.0644. The lowest BCUT2D eigenvalue weighted by molar-refractivity contribution is -0.117. The minimum atomic E-state index is -1.32. The molecule has 1 heterocycles. The van der Waals surface area contributed by atoms with Gasteiger partial charge in [-0.25, -0.2) is 13.9 Å². The molecule has 0 radical (unpaired) electrons. The van der Waals surface area contributed by atoms with Crippen molar-refractivity contribution in [2.45, 2.75) is 6.54 Å². The van der Waals surface area contributed by atoms with Crippen LogP contribution < -0.4 is 10.9 Å². The van der Waals surface area contributed by atoms with E-state index >= 15 is 0 Å². The van der Waals surface area contributed by atoms with Crippen LogP contribution in [-0.4, -0.2) is 26.8 Å². The van der Waals surface area contributed by atoms with E-state index in [0.717, 1.165) is 4.68 Å². The van der Waals surface area contributed by atoms with Crippen molar-refractivity contribution < 1.29 is 19.1 Å². The summed E-state index contributed by atoms with van der Waals surface area (Å²) in [6.45, 7) is -0.556. The summed E-state index contributed by atoms with van der Waals surface area (Å²) in [5, 5.41) is 15.7. The van der Waals surface area contributed by atoms with Crippen molar-refractivity contribution in [1.82, 2.24) is 9.78 Å². The van der Waals surface area contributed by atoms with Gasteiger partial charge in [-0.05, 0) is 24.3 Å². The molecule has 0 fully saturated rings. The van der Waals surface area contributed by atoms with Crippen molar-refractivity contribution in [1.29, 1.82) is 0 Å². The van der Waals surface area contributed by atoms with E-state index in [4.69, 9.17) is 0 Å². The predicted molar refractivity (Wildman–Crippen MR) is 95.7 cm³/mol. The van der Waals surface area contributed by atoms with Gasteiger partial charge in [0.05, 0.1) is 11.1 Å². The fourth-order valence-electron chi connectivity index (χ4n) is 2.42. The summed E-state index contributed by atoms with van der Waals surface area (Å²) in [7, 11) is 0. The van der Waals surface area contributed by atoms with Crippen molar-refractivity contribution >= 4 is 44.3 Å². The summed E-state index contributed by atoms with van der Waals surface area (Å²) in [6, 6.07) is 10.2. The van der Waals surface area contributed by atoms with Crippen LogP contribution in [0.3, 0.4) is 0 Å². The Bertz CT molecular complexity index is 1100. The zero-order valence-corrected chi connectivity index (χ0v) is 14.7. The molecular weight excluding hydrogens is 409 g/mol. The predicted octanol–water partition coefficient (Wildman–Crippen LogP) is 2.64. The van der Waals surface area contributed by atoms with E-state index in [1.807, 2.05) is 0 Å². The highest BCUT2D eigenvalue weighted by atomic mass is 79.9. The Morgan fingerprint density at radius 2 is 1.88 bits per heavy atom. The number of carboxylic acids is 1. The van der Waals surface area contributed by atoms with E-state index in [-0.39, 0.29) is 22.2 Å². The molecule has 3 aromatic rings. The average molecular weight is 420 g/mol. The van der Waals surface area contributed by atoms with E-state index in [0.29, 0.717) is 4.47 Å². The van der Waals surface area contributed by atoms with Gasteiger partial charge < -0.3 is 10.4 Å². The third-order valence-corrected chi connectivity index (χ3v) is 4.06. The number of halogens is 2. The number of carbonyl (C=O) groups is 2. The standard InChI is InChI=1S/C17H11BrFN3O4/c18-9-5-6-13(12(19)7-9)20-14(23)8-22-16(24)11-4-2-1-3-10(11)15(21-22)17(25)26/h1-7H,8H2,(H,20,23)(H,25,26). The van der Waals surface area contributed by atoms with Crippen molar-refractivity contribution in [2.75, 3.05) is 5.32 Å². The van der Waals surface area contributed by atoms with Crippen LogP contribution in [0.25, 0.3) is 10.8 Å². The Hall–Kier alpha value is -3.07. The van der Waals surface area contributed by atoms with Crippen LogP contribution in [0.1, 0.15) is 10.5 Å². The van der Waals surface area contributed by atoms with Gasteiger partial charge in [0.1, 0.15) is 12.4 Å². The number of carbonyl (C=O) groups excluding carboxylic acids is 1. The molecule has 1 amide bonds. The third-order valence-electron chi connectivity index (χ3n) is 3.57. The molecule has 2 aromatic carbocycles. The largest absolute Gasteiger partial charge is 0.476 e. The Labute approximate surface area is 154 Å². The molecular formula is C17H11BrFN3O4. The number of rotatable bonds is 4. The zero-order valence-electron chi connectivity index (χ0n) is 13.1. The highest BCUT2D eigenvalue weighted by Crippen LogP contribution is 2.19. The Morgan fingerprint density at radius 1 is 1.19 bits per heavy atom. The third kappa shape index (κ3) is 3.47. The van der Waals surface area contributed by atoms with E-state index in [2.05, 4.69) is 26.3 Å². The second kappa shape index (κ2) is 7.04. The molecule has 0 saturated heterocycles. The molecule has 7 nitrogen and oxygen atoms in total. The minimum Gasteiger partial charge on any atom is -0.476 e. The topological polar surface area (TPSA) is 101 Å². The molecule has 0 unspecified atom stereocenters. The molecule has 26 heavy (non-hydrogen) atoms. The average Bonchev–Trinajstić information content (AvgIpc) is 2.59. The number of benzene rings is 2. The maximum atomic E-state index is 13.8. The fourth-order valence-corrected chi connectivity index (χ4v) is 2.75. The molecule has 0 atom stereocenters. The van der Waals surface area contributed by atoms with Crippen LogP contribution in [0.5, 0.6) is 0 Å². The van der Waals surface area contributed by atoms with Crippen molar-refractivity contribution in [3.8, 4) is 0 Å². The summed E-state index contributed by atoms with van der Waals surface area (Å²) < 4.78 is 15.1. The molecule has 132 valence electrons. The van der Waals surface area contributed by atoms with Crippen molar-refractivity contribution in [3.05, 3.63) is 68.8 Å². The summed E-state index contributed by atoms with van der Waals surface area (Å²) in [6.07, 6.45) is 0. The lowest BCUT2D eigenvalue weighted by Crippen LogP contribution is -2.31. The fraction of sp³-hybridized carbons (Fsp3) is 0.0588. The van der Waals surface area contributed by atoms with Gasteiger partial charge in [0.15, 0.2) is 5.69 Å². The first-order valence-corrected chi connectivity index (χ1v) is 8.14. The zero-order chi connectivity index (χ0) is 18.8. The number of nitrogens with one attached hydrogen (secondary N) is 1. The number of hydrogen-bond donors (Lipinski definition) is 2. The highest BCUT2D eigenvalue weighted by molar-refractivity contribution is 9.10. The Balaban J connectivity index is 1.95. The SMILES string of the molecule is O=C(Cn1nc(C(=O)O)c2ccccc2c1=O)Nc1ccc(Br)cc1F. The number of nitrogens with zero attached hydrogens (tertiary/aromatic N) is 2. The van der Waals surface area contributed by atoms with Crippen LogP contribution >= 0.6 is 15.9 Å². The summed E-state index contributed by atoms with van der Waals surface area (Å²) in [5.74, 6) is -2.69. The van der Waals surface area contributed by atoms with Crippen LogP contribution in [0.4, 0.5) is 10.1 Å². The maximum Gasteiger partial charge on any atom is 0.357 e. The van der Waals surface area contributed by atoms with Gasteiger partial charge in [-0.15, -0.1) is 0 Å². The van der Waals surface area contributed by atoms with Gasteiger partial charge in [-0.1, -0.05) is 34.1 Å². The molecule has 0 aliphatic rings. The van der Waals surface area contributed by atoms with Gasteiger partial charge in [0, 0.05) is 9.86 Å². The number of anilines is 1. The number of carboxylic acid groups (broad SMARTS) is 1. The molecule has 0 bridgehead atoms. The van der Waals surface area contributed by atoms with Crippen molar-refractivity contribution in [3.63, 3.8) is 0 Å². The van der Waals surface area contributed by atoms with E-state index in [9.17, 15) is 23.9 Å². The molecule has 9 heteroatoms. The van der Waals surface area contributed by atoms with Gasteiger partial charge >= 0.3 is 5.97 Å². The lowest BCUT2D eigenvalue weighted by atomic mass is 10.1. The number of hydrogen-bond acceptors (Lipinski definition) is 4. The monoisotopic (exact) mass is 419 g/mol. The Kier molecular flexibility index (Phi) is 4.81. The van der Waals surface area contributed by atoms with Gasteiger partial charge in [0.2, 0.25) is 5.91 Å². The first-order chi connectivity index (χ1) is 12.4. The number of aromatic carboxylic acids is 1. The first kappa shape index (κ1) is 17.7. The molecule has 3 rings (SSSR count). The maximum absolute atomic E-state index is 13.8. The molecule has 1 aromatic heterocycles. The van der Waals surface area contributed by atoms with Crippen LogP contribution in [0.15, 0.2) is 51.7 Å².